The van der Waals surface area contributed by atoms with Gasteiger partial charge >= 0.3 is 12.4 Å². The van der Waals surface area contributed by atoms with Crippen molar-refractivity contribution in [1.82, 2.24) is 10.6 Å². The monoisotopic (exact) mass is 502 g/mol. The molecule has 1 atom stereocenters. The second-order valence-electron chi connectivity index (χ2n) is 8.95. The third kappa shape index (κ3) is 6.55. The first-order chi connectivity index (χ1) is 16.4. The molecule has 0 bridgehead atoms. The molecule has 1 amide bonds. The van der Waals surface area contributed by atoms with Gasteiger partial charge in [0.05, 0.1) is 29.2 Å². The highest BCUT2D eigenvalue weighted by molar-refractivity contribution is 5.84. The second kappa shape index (κ2) is 10.6. The first-order valence-electron chi connectivity index (χ1n) is 11.4. The number of amides is 1. The fourth-order valence-corrected chi connectivity index (χ4v) is 4.55. The van der Waals surface area contributed by atoms with Crippen LogP contribution in [0, 0.1) is 0 Å². The van der Waals surface area contributed by atoms with Gasteiger partial charge in [-0.2, -0.15) is 26.3 Å². The van der Waals surface area contributed by atoms with Crippen molar-refractivity contribution in [3.05, 3.63) is 70.8 Å². The van der Waals surface area contributed by atoms with Crippen LogP contribution in [0.5, 0.6) is 0 Å². The van der Waals surface area contributed by atoms with E-state index in [1.807, 2.05) is 30.3 Å². The molecular formula is C25H28F6N2O2. The van der Waals surface area contributed by atoms with E-state index in [2.05, 4.69) is 10.6 Å². The molecule has 0 aromatic heterocycles. The molecule has 0 saturated heterocycles. The van der Waals surface area contributed by atoms with Crippen LogP contribution < -0.4 is 10.6 Å². The van der Waals surface area contributed by atoms with Crippen molar-refractivity contribution in [2.24, 2.45) is 0 Å². The summed E-state index contributed by atoms with van der Waals surface area (Å²) >= 11 is 0. The average Bonchev–Trinajstić information content (AvgIpc) is 2.82. The lowest BCUT2D eigenvalue weighted by molar-refractivity contribution is -0.143. The highest BCUT2D eigenvalue weighted by atomic mass is 19.4. The average molecular weight is 502 g/mol. The molecule has 1 fully saturated rings. The Kier molecular flexibility index (Phi) is 8.16. The number of benzene rings is 2. The highest BCUT2D eigenvalue weighted by Crippen LogP contribution is 2.40. The van der Waals surface area contributed by atoms with Crippen molar-refractivity contribution in [1.29, 1.82) is 0 Å². The van der Waals surface area contributed by atoms with Gasteiger partial charge in [0, 0.05) is 12.6 Å². The molecule has 35 heavy (non-hydrogen) atoms. The maximum absolute atomic E-state index is 13.3. The van der Waals surface area contributed by atoms with Crippen LogP contribution in [-0.4, -0.2) is 30.2 Å². The minimum atomic E-state index is -4.99. The van der Waals surface area contributed by atoms with E-state index in [0.29, 0.717) is 44.4 Å². The van der Waals surface area contributed by atoms with Gasteiger partial charge in [0.1, 0.15) is 0 Å². The van der Waals surface area contributed by atoms with E-state index in [1.54, 1.807) is 0 Å². The van der Waals surface area contributed by atoms with Crippen molar-refractivity contribution in [2.45, 2.75) is 62.5 Å². The van der Waals surface area contributed by atoms with Crippen LogP contribution in [0.3, 0.4) is 0 Å². The number of rotatable bonds is 7. The predicted octanol–water partition coefficient (Wildman–Crippen LogP) is 5.36. The number of alkyl halides is 6. The molecule has 0 spiro atoms. The lowest BCUT2D eigenvalue weighted by Crippen LogP contribution is -2.51. The number of hydrogen-bond acceptors (Lipinski definition) is 3. The van der Waals surface area contributed by atoms with Crippen LogP contribution in [0.2, 0.25) is 0 Å². The van der Waals surface area contributed by atoms with Crippen LogP contribution in [-0.2, 0) is 22.7 Å². The lowest BCUT2D eigenvalue weighted by atomic mass is 9.74. The molecule has 0 heterocycles. The molecule has 2 aromatic rings. The Hall–Kier alpha value is -2.59. The van der Waals surface area contributed by atoms with Gasteiger partial charge in [-0.05, 0) is 61.9 Å². The Balaban J connectivity index is 1.90. The topological polar surface area (TPSA) is 61.4 Å². The van der Waals surface area contributed by atoms with Gasteiger partial charge in [0.2, 0.25) is 5.91 Å². The van der Waals surface area contributed by atoms with Crippen LogP contribution >= 0.6 is 0 Å². The summed E-state index contributed by atoms with van der Waals surface area (Å²) in [5.41, 5.74) is -3.24. The molecule has 192 valence electrons. The molecule has 1 aliphatic rings. The van der Waals surface area contributed by atoms with E-state index in [1.165, 1.54) is 6.92 Å². The third-order valence-electron chi connectivity index (χ3n) is 6.58. The Morgan fingerprint density at radius 2 is 1.54 bits per heavy atom. The number of carbonyl (C=O) groups is 1. The van der Waals surface area contributed by atoms with Crippen LogP contribution in [0.1, 0.15) is 60.8 Å². The second-order valence-corrected chi connectivity index (χ2v) is 8.95. The van der Waals surface area contributed by atoms with E-state index in [-0.39, 0.29) is 24.3 Å². The standard InChI is InChI=1S/C25H28F6N2O2/c1-16(17-13-19(24(26,27)28)15-20(14-17)25(29,30)31)22(35)33-23(18-5-3-2-4-6-18)9-7-21(8-10-23)32-11-12-34/h2-6,13-16,21,32,34H,7-12H2,1H3,(H,33,35)/t16?,21-,23-. The Morgan fingerprint density at radius 3 is 2.03 bits per heavy atom. The summed E-state index contributed by atoms with van der Waals surface area (Å²) < 4.78 is 79.7. The predicted molar refractivity (Wildman–Crippen MR) is 118 cm³/mol. The van der Waals surface area contributed by atoms with E-state index < -0.39 is 40.8 Å². The van der Waals surface area contributed by atoms with E-state index in [4.69, 9.17) is 5.11 Å². The molecule has 3 N–H and O–H groups in total. The lowest BCUT2D eigenvalue weighted by Gasteiger charge is -2.42. The van der Waals surface area contributed by atoms with Crippen molar-refractivity contribution in [3.63, 3.8) is 0 Å². The molecule has 0 radical (unpaired) electrons. The van der Waals surface area contributed by atoms with Crippen molar-refractivity contribution < 1.29 is 36.2 Å². The maximum atomic E-state index is 13.3. The van der Waals surface area contributed by atoms with E-state index >= 15 is 0 Å². The summed E-state index contributed by atoms with van der Waals surface area (Å²) in [7, 11) is 0. The Morgan fingerprint density at radius 1 is 1.00 bits per heavy atom. The van der Waals surface area contributed by atoms with Gasteiger partial charge in [0.15, 0.2) is 0 Å². The summed E-state index contributed by atoms with van der Waals surface area (Å²) in [5.74, 6) is -1.90. The molecule has 1 aliphatic carbocycles. The zero-order chi connectivity index (χ0) is 25.9. The molecule has 1 unspecified atom stereocenters. The Labute approximate surface area is 199 Å². The van der Waals surface area contributed by atoms with Gasteiger partial charge in [-0.15, -0.1) is 0 Å². The van der Waals surface area contributed by atoms with Gasteiger partial charge in [-0.3, -0.25) is 4.79 Å². The van der Waals surface area contributed by atoms with E-state index in [9.17, 15) is 31.1 Å². The number of aliphatic hydroxyl groups excluding tert-OH is 1. The molecule has 0 aliphatic heterocycles. The summed E-state index contributed by atoms with van der Waals surface area (Å²) in [6.45, 7) is 1.73. The zero-order valence-corrected chi connectivity index (χ0v) is 19.1. The highest BCUT2D eigenvalue weighted by Gasteiger charge is 2.41. The van der Waals surface area contributed by atoms with E-state index in [0.717, 1.165) is 5.56 Å². The minimum Gasteiger partial charge on any atom is -0.395 e. The number of carbonyl (C=O) groups excluding carboxylic acids is 1. The number of nitrogens with one attached hydrogen (secondary N) is 2. The smallest absolute Gasteiger partial charge is 0.395 e. The quantitative estimate of drug-likeness (QED) is 0.447. The SMILES string of the molecule is CC(C(=O)N[C@]1(c2ccccc2)CC[C@@H](NCCO)CC1)c1cc(C(F)(F)F)cc(C(F)(F)F)c1. The summed E-state index contributed by atoms with van der Waals surface area (Å²) in [6.07, 6.45) is -7.59. The van der Waals surface area contributed by atoms with Gasteiger partial charge in [-0.1, -0.05) is 30.3 Å². The van der Waals surface area contributed by atoms with Crippen LogP contribution in [0.4, 0.5) is 26.3 Å². The molecule has 2 aromatic carbocycles. The molecule has 1 saturated carbocycles. The van der Waals surface area contributed by atoms with Crippen LogP contribution in [0.25, 0.3) is 0 Å². The fraction of sp³-hybridized carbons (Fsp3) is 0.480. The fourth-order valence-electron chi connectivity index (χ4n) is 4.55. The first-order valence-corrected chi connectivity index (χ1v) is 11.4. The largest absolute Gasteiger partial charge is 0.416 e. The normalized spacial score (nSPS) is 22.0. The van der Waals surface area contributed by atoms with Gasteiger partial charge < -0.3 is 15.7 Å². The van der Waals surface area contributed by atoms with Crippen molar-refractivity contribution in [3.8, 4) is 0 Å². The number of hydrogen-bond donors (Lipinski definition) is 3. The minimum absolute atomic E-state index is 0.00845. The van der Waals surface area contributed by atoms with Gasteiger partial charge in [-0.25, -0.2) is 0 Å². The first kappa shape index (κ1) is 27.0. The molecule has 4 nitrogen and oxygen atoms in total. The summed E-state index contributed by atoms with van der Waals surface area (Å²) in [5, 5.41) is 15.2. The maximum Gasteiger partial charge on any atom is 0.416 e. The molecule has 3 rings (SSSR count). The van der Waals surface area contributed by atoms with Crippen LogP contribution in [0.15, 0.2) is 48.5 Å². The number of aliphatic hydroxyl groups is 1. The third-order valence-corrected chi connectivity index (χ3v) is 6.58. The molecular weight excluding hydrogens is 474 g/mol. The molecule has 10 heteroatoms. The summed E-state index contributed by atoms with van der Waals surface area (Å²) in [4.78, 5) is 13.2. The van der Waals surface area contributed by atoms with Crippen molar-refractivity contribution >= 4 is 5.91 Å². The van der Waals surface area contributed by atoms with Crippen molar-refractivity contribution in [2.75, 3.05) is 13.2 Å². The summed E-state index contributed by atoms with van der Waals surface area (Å²) in [6, 6.07) is 10.5. The zero-order valence-electron chi connectivity index (χ0n) is 19.1. The Bertz CT molecular complexity index is 967. The number of halogens is 6. The van der Waals surface area contributed by atoms with Gasteiger partial charge in [0.25, 0.3) is 0 Å².